The highest BCUT2D eigenvalue weighted by molar-refractivity contribution is 7.90. The molecule has 0 aliphatic rings. The summed E-state index contributed by atoms with van der Waals surface area (Å²) < 4.78 is 41.4. The van der Waals surface area contributed by atoms with Gasteiger partial charge in [0.15, 0.2) is 9.84 Å². The number of hydrogen-bond donors (Lipinski definition) is 1. The lowest BCUT2D eigenvalue weighted by Gasteiger charge is -2.03. The minimum atomic E-state index is -3.42. The van der Waals surface area contributed by atoms with Crippen LogP contribution in [0, 0.1) is 5.82 Å². The Bertz CT molecular complexity index is 1050. The highest BCUT2D eigenvalue weighted by Gasteiger charge is 2.15. The smallest absolute Gasteiger partial charge is 0.322 e. The number of rotatable bonds is 5. The molecule has 0 saturated heterocycles. The molecule has 7 nitrogen and oxygen atoms in total. The third kappa shape index (κ3) is 4.31. The van der Waals surface area contributed by atoms with Gasteiger partial charge in [-0.15, -0.1) is 5.10 Å². The predicted molar refractivity (Wildman–Crippen MR) is 91.0 cm³/mol. The molecule has 0 atom stereocenters. The number of anilines is 1. The van der Waals surface area contributed by atoms with Crippen molar-refractivity contribution in [3.05, 3.63) is 71.4 Å². The fourth-order valence-electron chi connectivity index (χ4n) is 2.19. The molecule has 1 heterocycles. The van der Waals surface area contributed by atoms with Crippen molar-refractivity contribution in [1.29, 1.82) is 0 Å². The van der Waals surface area contributed by atoms with E-state index in [0.717, 1.165) is 11.8 Å². The number of halogens is 1. The maximum atomic E-state index is 12.9. The lowest BCUT2D eigenvalue weighted by Crippen LogP contribution is -2.13. The summed E-state index contributed by atoms with van der Waals surface area (Å²) in [5.74, 6) is -0.673. The van der Waals surface area contributed by atoms with Crippen molar-refractivity contribution in [2.45, 2.75) is 11.3 Å². The lowest BCUT2D eigenvalue weighted by molar-refractivity contribution is 0.102. The Morgan fingerprint density at radius 2 is 1.88 bits per heavy atom. The molecule has 0 saturated carbocycles. The van der Waals surface area contributed by atoms with E-state index in [1.165, 1.54) is 36.4 Å². The molecular formula is C17H14FN3O4S. The van der Waals surface area contributed by atoms with Crippen LogP contribution in [-0.4, -0.2) is 30.8 Å². The Labute approximate surface area is 148 Å². The quantitative estimate of drug-likeness (QED) is 0.735. The summed E-state index contributed by atoms with van der Waals surface area (Å²) in [5.41, 5.74) is 0.917. The number of hydrogen-bond acceptors (Lipinski definition) is 6. The van der Waals surface area contributed by atoms with E-state index >= 15 is 0 Å². The van der Waals surface area contributed by atoms with Gasteiger partial charge in [0, 0.05) is 11.8 Å². The SMILES string of the molecule is CS(=O)(=O)c1cccc(C(=O)Nc2nnc(Cc3ccc(F)cc3)o2)c1. The highest BCUT2D eigenvalue weighted by atomic mass is 32.2. The van der Waals surface area contributed by atoms with Crippen LogP contribution in [0.15, 0.2) is 57.8 Å². The average Bonchev–Trinajstić information content (AvgIpc) is 3.03. The van der Waals surface area contributed by atoms with Crippen LogP contribution in [0.3, 0.4) is 0 Å². The van der Waals surface area contributed by atoms with Gasteiger partial charge in [-0.3, -0.25) is 10.1 Å². The summed E-state index contributed by atoms with van der Waals surface area (Å²) in [7, 11) is -3.42. The number of benzene rings is 2. The summed E-state index contributed by atoms with van der Waals surface area (Å²) in [6.07, 6.45) is 1.34. The van der Waals surface area contributed by atoms with Crippen LogP contribution < -0.4 is 5.32 Å². The van der Waals surface area contributed by atoms with Crippen molar-refractivity contribution in [2.24, 2.45) is 0 Å². The second kappa shape index (κ2) is 7.04. The van der Waals surface area contributed by atoms with E-state index in [0.29, 0.717) is 0 Å². The molecule has 3 rings (SSSR count). The van der Waals surface area contributed by atoms with Gasteiger partial charge in [0.25, 0.3) is 5.91 Å². The molecule has 1 aromatic heterocycles. The van der Waals surface area contributed by atoms with Crippen LogP contribution in [0.1, 0.15) is 21.8 Å². The van der Waals surface area contributed by atoms with Gasteiger partial charge in [-0.2, -0.15) is 0 Å². The Kier molecular flexibility index (Phi) is 4.81. The molecule has 1 N–H and O–H groups in total. The molecule has 26 heavy (non-hydrogen) atoms. The Hall–Kier alpha value is -3.07. The first kappa shape index (κ1) is 17.7. The molecule has 1 amide bonds. The summed E-state index contributed by atoms with van der Waals surface area (Å²) in [6.45, 7) is 0. The first-order valence-electron chi connectivity index (χ1n) is 7.49. The molecule has 0 aliphatic heterocycles. The van der Waals surface area contributed by atoms with Crippen molar-refractivity contribution in [2.75, 3.05) is 11.6 Å². The zero-order valence-electron chi connectivity index (χ0n) is 13.6. The molecule has 134 valence electrons. The van der Waals surface area contributed by atoms with E-state index < -0.39 is 15.7 Å². The van der Waals surface area contributed by atoms with Crippen LogP contribution in [0.5, 0.6) is 0 Å². The number of nitrogens with zero attached hydrogens (tertiary/aromatic N) is 2. The van der Waals surface area contributed by atoms with E-state index in [1.807, 2.05) is 0 Å². The van der Waals surface area contributed by atoms with Gasteiger partial charge in [-0.1, -0.05) is 23.3 Å². The third-order valence-corrected chi connectivity index (χ3v) is 4.59. The van der Waals surface area contributed by atoms with Gasteiger partial charge in [0.05, 0.1) is 11.3 Å². The largest absolute Gasteiger partial charge is 0.407 e. The fourth-order valence-corrected chi connectivity index (χ4v) is 2.86. The van der Waals surface area contributed by atoms with Crippen molar-refractivity contribution >= 4 is 21.8 Å². The summed E-state index contributed by atoms with van der Waals surface area (Å²) in [6, 6.07) is 11.3. The molecule has 0 fully saturated rings. The number of carbonyl (C=O) groups is 1. The Morgan fingerprint density at radius 1 is 1.15 bits per heavy atom. The predicted octanol–water partition coefficient (Wildman–Crippen LogP) is 2.46. The maximum Gasteiger partial charge on any atom is 0.322 e. The first-order valence-corrected chi connectivity index (χ1v) is 9.39. The Balaban J connectivity index is 1.71. The number of sulfone groups is 1. The second-order valence-electron chi connectivity index (χ2n) is 5.56. The third-order valence-electron chi connectivity index (χ3n) is 3.48. The van der Waals surface area contributed by atoms with Crippen molar-refractivity contribution in [3.8, 4) is 0 Å². The standard InChI is InChI=1S/C17H14FN3O4S/c1-26(23,24)14-4-2-3-12(10-14)16(22)19-17-21-20-15(25-17)9-11-5-7-13(18)8-6-11/h2-8,10H,9H2,1H3,(H,19,21,22). The summed E-state index contributed by atoms with van der Waals surface area (Å²) in [5, 5.41) is 9.96. The van der Waals surface area contributed by atoms with E-state index in [1.54, 1.807) is 12.1 Å². The number of amides is 1. The minimum Gasteiger partial charge on any atom is -0.407 e. The van der Waals surface area contributed by atoms with Gasteiger partial charge < -0.3 is 4.42 Å². The van der Waals surface area contributed by atoms with E-state index in [2.05, 4.69) is 15.5 Å². The van der Waals surface area contributed by atoms with E-state index in [9.17, 15) is 17.6 Å². The zero-order chi connectivity index (χ0) is 18.7. The molecular weight excluding hydrogens is 361 g/mol. The zero-order valence-corrected chi connectivity index (χ0v) is 14.5. The molecule has 2 aromatic carbocycles. The van der Waals surface area contributed by atoms with Gasteiger partial charge >= 0.3 is 6.01 Å². The van der Waals surface area contributed by atoms with Gasteiger partial charge in [-0.25, -0.2) is 12.8 Å². The molecule has 0 bridgehead atoms. The van der Waals surface area contributed by atoms with Crippen molar-refractivity contribution in [3.63, 3.8) is 0 Å². The normalized spacial score (nSPS) is 11.3. The van der Waals surface area contributed by atoms with Gasteiger partial charge in [0.2, 0.25) is 5.89 Å². The molecule has 0 aliphatic carbocycles. The number of aromatic nitrogens is 2. The average molecular weight is 375 g/mol. The van der Waals surface area contributed by atoms with Crippen LogP contribution >= 0.6 is 0 Å². The van der Waals surface area contributed by atoms with Crippen molar-refractivity contribution < 1.29 is 22.0 Å². The molecule has 0 spiro atoms. The fraction of sp³-hybridized carbons (Fsp3) is 0.118. The molecule has 9 heteroatoms. The lowest BCUT2D eigenvalue weighted by atomic mass is 10.1. The molecule has 3 aromatic rings. The van der Waals surface area contributed by atoms with Gasteiger partial charge in [-0.05, 0) is 35.9 Å². The van der Waals surface area contributed by atoms with Crippen LogP contribution in [-0.2, 0) is 16.3 Å². The van der Waals surface area contributed by atoms with Gasteiger partial charge in [0.1, 0.15) is 5.82 Å². The number of carbonyl (C=O) groups excluding carboxylic acids is 1. The minimum absolute atomic E-state index is 0.0349. The molecule has 0 radical (unpaired) electrons. The number of nitrogens with one attached hydrogen (secondary N) is 1. The maximum absolute atomic E-state index is 12.9. The monoisotopic (exact) mass is 375 g/mol. The Morgan fingerprint density at radius 3 is 2.58 bits per heavy atom. The second-order valence-corrected chi connectivity index (χ2v) is 7.57. The van der Waals surface area contributed by atoms with Crippen LogP contribution in [0.25, 0.3) is 0 Å². The first-order chi connectivity index (χ1) is 12.3. The van der Waals surface area contributed by atoms with Crippen LogP contribution in [0.4, 0.5) is 10.4 Å². The molecule has 0 unspecified atom stereocenters. The summed E-state index contributed by atoms with van der Waals surface area (Å²) >= 11 is 0. The van der Waals surface area contributed by atoms with E-state index in [4.69, 9.17) is 4.42 Å². The summed E-state index contributed by atoms with van der Waals surface area (Å²) in [4.78, 5) is 12.3. The van der Waals surface area contributed by atoms with E-state index in [-0.39, 0.29) is 34.6 Å². The highest BCUT2D eigenvalue weighted by Crippen LogP contribution is 2.15. The van der Waals surface area contributed by atoms with Crippen LogP contribution in [0.2, 0.25) is 0 Å². The topological polar surface area (TPSA) is 102 Å². The van der Waals surface area contributed by atoms with Crippen molar-refractivity contribution in [1.82, 2.24) is 10.2 Å².